The number of halogens is 1. The Morgan fingerprint density at radius 1 is 1.53 bits per heavy atom. The fourth-order valence-electron chi connectivity index (χ4n) is 1.58. The van der Waals surface area contributed by atoms with Crippen LogP contribution in [-0.4, -0.2) is 20.7 Å². The minimum absolute atomic E-state index is 0.00182. The van der Waals surface area contributed by atoms with Crippen LogP contribution in [0.4, 0.5) is 5.69 Å². The van der Waals surface area contributed by atoms with Gasteiger partial charge in [-0.1, -0.05) is 29.8 Å². The molecule has 1 aromatic heterocycles. The molecule has 19 heavy (non-hydrogen) atoms. The Morgan fingerprint density at radius 3 is 2.95 bits per heavy atom. The van der Waals surface area contributed by atoms with Gasteiger partial charge in [0.05, 0.1) is 11.4 Å². The highest BCUT2D eigenvalue weighted by molar-refractivity contribution is 9.10. The third-order valence-electron chi connectivity index (χ3n) is 2.94. The Hall–Kier alpha value is -1.69. The van der Waals surface area contributed by atoms with E-state index in [0.29, 0.717) is 5.69 Å². The maximum atomic E-state index is 12.0. The second-order valence-electron chi connectivity index (χ2n) is 4.30. The van der Waals surface area contributed by atoms with Crippen molar-refractivity contribution in [1.82, 2.24) is 14.8 Å². The number of nitrogens with one attached hydrogen (secondary N) is 1. The Balaban J connectivity index is 2.33. The van der Waals surface area contributed by atoms with Gasteiger partial charge < -0.3 is 5.32 Å². The van der Waals surface area contributed by atoms with E-state index < -0.39 is 0 Å². The molecule has 0 aliphatic carbocycles. The van der Waals surface area contributed by atoms with Crippen LogP contribution >= 0.6 is 15.9 Å². The normalized spacial score (nSPS) is 12.2. The molecule has 1 aromatic carbocycles. The second-order valence-corrected chi connectivity index (χ2v) is 5.22. The monoisotopic (exact) mass is 322 g/mol. The molecule has 100 valence electrons. The van der Waals surface area contributed by atoms with Gasteiger partial charge in [-0.25, -0.2) is 9.67 Å². The van der Waals surface area contributed by atoms with Crippen molar-refractivity contribution in [2.75, 3.05) is 5.32 Å². The van der Waals surface area contributed by atoms with Gasteiger partial charge in [-0.3, -0.25) is 4.79 Å². The van der Waals surface area contributed by atoms with Crippen molar-refractivity contribution in [2.24, 2.45) is 5.92 Å². The van der Waals surface area contributed by atoms with Gasteiger partial charge in [-0.2, -0.15) is 5.10 Å². The number of anilines is 1. The number of aromatic nitrogens is 3. The first-order valence-electron chi connectivity index (χ1n) is 6.07. The number of benzene rings is 1. The summed E-state index contributed by atoms with van der Waals surface area (Å²) in [6.45, 7) is 3.89. The zero-order valence-electron chi connectivity index (χ0n) is 10.8. The first kappa shape index (κ1) is 13.7. The summed E-state index contributed by atoms with van der Waals surface area (Å²) >= 11 is 3.41. The molecule has 0 radical (unpaired) electrons. The maximum Gasteiger partial charge on any atom is 0.227 e. The molecule has 1 unspecified atom stereocenters. The lowest BCUT2D eigenvalue weighted by Gasteiger charge is -2.14. The number of rotatable bonds is 4. The molecule has 0 aliphatic heterocycles. The molecule has 1 heterocycles. The molecule has 2 aromatic rings. The van der Waals surface area contributed by atoms with Gasteiger partial charge in [0, 0.05) is 10.4 Å². The highest BCUT2D eigenvalue weighted by Gasteiger charge is 2.14. The van der Waals surface area contributed by atoms with Crippen molar-refractivity contribution in [3.63, 3.8) is 0 Å². The van der Waals surface area contributed by atoms with E-state index in [1.54, 1.807) is 11.0 Å². The van der Waals surface area contributed by atoms with E-state index in [1.165, 1.54) is 6.33 Å². The zero-order chi connectivity index (χ0) is 13.8. The Labute approximate surface area is 120 Å². The van der Waals surface area contributed by atoms with Gasteiger partial charge in [-0.15, -0.1) is 0 Å². The first-order chi connectivity index (χ1) is 9.11. The van der Waals surface area contributed by atoms with E-state index in [2.05, 4.69) is 31.3 Å². The number of carbonyl (C=O) groups excluding carboxylic acids is 1. The van der Waals surface area contributed by atoms with Crippen molar-refractivity contribution in [2.45, 2.75) is 20.3 Å². The van der Waals surface area contributed by atoms with E-state index in [1.807, 2.05) is 32.0 Å². The summed E-state index contributed by atoms with van der Waals surface area (Å²) in [4.78, 5) is 15.9. The highest BCUT2D eigenvalue weighted by Crippen LogP contribution is 2.24. The summed E-state index contributed by atoms with van der Waals surface area (Å²) in [6, 6.07) is 5.64. The number of hydrogen-bond acceptors (Lipinski definition) is 3. The van der Waals surface area contributed by atoms with Crippen LogP contribution in [-0.2, 0) is 4.79 Å². The molecule has 0 aliphatic rings. The molecule has 0 saturated carbocycles. The predicted octanol–water partition coefficient (Wildman–Crippen LogP) is 3.01. The third kappa shape index (κ3) is 3.20. The van der Waals surface area contributed by atoms with Crippen LogP contribution in [0.5, 0.6) is 0 Å². The molecule has 0 spiro atoms. The van der Waals surface area contributed by atoms with E-state index >= 15 is 0 Å². The molecule has 0 bridgehead atoms. The standard InChI is InChI=1S/C13H15BrN4O/c1-3-9(2)13(19)17-11-6-10(14)4-5-12(11)18-8-15-7-16-18/h4-9H,3H2,1-2H3,(H,17,19). The maximum absolute atomic E-state index is 12.0. The molecule has 0 saturated heterocycles. The Kier molecular flexibility index (Phi) is 4.31. The molecule has 1 amide bonds. The molecular weight excluding hydrogens is 308 g/mol. The predicted molar refractivity (Wildman–Crippen MR) is 77.1 cm³/mol. The van der Waals surface area contributed by atoms with E-state index in [4.69, 9.17) is 0 Å². The molecule has 6 heteroatoms. The van der Waals surface area contributed by atoms with Crippen molar-refractivity contribution in [3.8, 4) is 5.69 Å². The summed E-state index contributed by atoms with van der Waals surface area (Å²) in [5.74, 6) is -0.0236. The van der Waals surface area contributed by atoms with Crippen LogP contribution in [0.3, 0.4) is 0 Å². The largest absolute Gasteiger partial charge is 0.324 e. The van der Waals surface area contributed by atoms with Crippen LogP contribution in [0.25, 0.3) is 5.69 Å². The van der Waals surface area contributed by atoms with E-state index in [0.717, 1.165) is 16.6 Å². The lowest BCUT2D eigenvalue weighted by molar-refractivity contribution is -0.119. The van der Waals surface area contributed by atoms with Crippen LogP contribution < -0.4 is 5.32 Å². The van der Waals surface area contributed by atoms with Gasteiger partial charge in [0.1, 0.15) is 12.7 Å². The molecule has 1 N–H and O–H groups in total. The summed E-state index contributed by atoms with van der Waals surface area (Å²) in [7, 11) is 0. The molecule has 5 nitrogen and oxygen atoms in total. The van der Waals surface area contributed by atoms with Crippen LogP contribution in [0.2, 0.25) is 0 Å². The average molecular weight is 323 g/mol. The molecule has 0 fully saturated rings. The number of hydrogen-bond donors (Lipinski definition) is 1. The third-order valence-corrected chi connectivity index (χ3v) is 3.44. The van der Waals surface area contributed by atoms with Crippen LogP contribution in [0.15, 0.2) is 35.3 Å². The fraction of sp³-hybridized carbons (Fsp3) is 0.308. The summed E-state index contributed by atoms with van der Waals surface area (Å²) in [5.41, 5.74) is 1.50. The SMILES string of the molecule is CCC(C)C(=O)Nc1cc(Br)ccc1-n1cncn1. The number of carbonyl (C=O) groups is 1. The summed E-state index contributed by atoms with van der Waals surface area (Å²) < 4.78 is 2.52. The quantitative estimate of drug-likeness (QED) is 0.941. The fourth-order valence-corrected chi connectivity index (χ4v) is 1.94. The van der Waals surface area contributed by atoms with Crippen LogP contribution in [0, 0.1) is 5.92 Å². The summed E-state index contributed by atoms with van der Waals surface area (Å²) in [5, 5.41) is 7.02. The number of nitrogens with zero attached hydrogens (tertiary/aromatic N) is 3. The zero-order valence-corrected chi connectivity index (χ0v) is 12.4. The van der Waals surface area contributed by atoms with E-state index in [9.17, 15) is 4.79 Å². The topological polar surface area (TPSA) is 59.8 Å². The highest BCUT2D eigenvalue weighted by atomic mass is 79.9. The molecule has 1 atom stereocenters. The lowest BCUT2D eigenvalue weighted by atomic mass is 10.1. The van der Waals surface area contributed by atoms with Gasteiger partial charge in [0.15, 0.2) is 0 Å². The molecular formula is C13H15BrN4O. The summed E-state index contributed by atoms with van der Waals surface area (Å²) in [6.07, 6.45) is 3.86. The van der Waals surface area contributed by atoms with Crippen molar-refractivity contribution in [1.29, 1.82) is 0 Å². The first-order valence-corrected chi connectivity index (χ1v) is 6.86. The van der Waals surface area contributed by atoms with Gasteiger partial charge >= 0.3 is 0 Å². The van der Waals surface area contributed by atoms with Gasteiger partial charge in [-0.05, 0) is 24.6 Å². The number of amides is 1. The lowest BCUT2D eigenvalue weighted by Crippen LogP contribution is -2.20. The van der Waals surface area contributed by atoms with Crippen molar-refractivity contribution >= 4 is 27.5 Å². The van der Waals surface area contributed by atoms with E-state index in [-0.39, 0.29) is 11.8 Å². The average Bonchev–Trinajstić information content (AvgIpc) is 2.91. The van der Waals surface area contributed by atoms with Gasteiger partial charge in [0.2, 0.25) is 5.91 Å². The second kappa shape index (κ2) is 5.97. The Morgan fingerprint density at radius 2 is 2.32 bits per heavy atom. The smallest absolute Gasteiger partial charge is 0.227 e. The minimum Gasteiger partial charge on any atom is -0.324 e. The molecule has 2 rings (SSSR count). The minimum atomic E-state index is -0.0254. The van der Waals surface area contributed by atoms with Crippen LogP contribution in [0.1, 0.15) is 20.3 Å². The van der Waals surface area contributed by atoms with Gasteiger partial charge in [0.25, 0.3) is 0 Å². The van der Waals surface area contributed by atoms with Crippen molar-refractivity contribution < 1.29 is 4.79 Å². The Bertz CT molecular complexity index is 568. The van der Waals surface area contributed by atoms with Crippen molar-refractivity contribution in [3.05, 3.63) is 35.3 Å².